The molecule has 2 aromatic carbocycles. The Morgan fingerprint density at radius 3 is 2.58 bits per heavy atom. The van der Waals surface area contributed by atoms with Crippen molar-refractivity contribution in [1.82, 2.24) is 15.1 Å². The molecule has 4 aromatic rings. The molecule has 158 valence electrons. The van der Waals surface area contributed by atoms with Gasteiger partial charge in [-0.1, -0.05) is 30.3 Å². The van der Waals surface area contributed by atoms with Gasteiger partial charge in [-0.15, -0.1) is 21.5 Å². The number of rotatable bonds is 2. The lowest BCUT2D eigenvalue weighted by atomic mass is 9.89. The van der Waals surface area contributed by atoms with Gasteiger partial charge in [-0.25, -0.2) is 0 Å². The summed E-state index contributed by atoms with van der Waals surface area (Å²) < 4.78 is 39.7. The second-order valence-electron chi connectivity index (χ2n) is 7.98. The zero-order chi connectivity index (χ0) is 21.6. The number of alkyl halides is 3. The number of hydrogen-bond donors (Lipinski definition) is 0. The van der Waals surface area contributed by atoms with Crippen LogP contribution in [0, 0.1) is 0 Å². The van der Waals surface area contributed by atoms with E-state index >= 15 is 0 Å². The first-order valence-electron chi connectivity index (χ1n) is 10.1. The molecule has 1 atom stereocenters. The van der Waals surface area contributed by atoms with E-state index in [9.17, 15) is 13.2 Å². The summed E-state index contributed by atoms with van der Waals surface area (Å²) in [5.41, 5.74) is 2.71. The Kier molecular flexibility index (Phi) is 5.02. The minimum atomic E-state index is -4.49. The van der Waals surface area contributed by atoms with E-state index in [-0.39, 0.29) is 0 Å². The van der Waals surface area contributed by atoms with Crippen LogP contribution in [-0.4, -0.2) is 28.7 Å². The van der Waals surface area contributed by atoms with Crippen molar-refractivity contribution in [2.45, 2.75) is 25.1 Å². The summed E-state index contributed by atoms with van der Waals surface area (Å²) in [4.78, 5) is 3.63. The predicted molar refractivity (Wildman–Crippen MR) is 117 cm³/mol. The van der Waals surface area contributed by atoms with E-state index in [4.69, 9.17) is 0 Å². The quantitative estimate of drug-likeness (QED) is 0.365. The third-order valence-corrected chi connectivity index (χ3v) is 7.03. The summed E-state index contributed by atoms with van der Waals surface area (Å²) in [5.74, 6) is 0.296. The van der Waals surface area contributed by atoms with Gasteiger partial charge in [0.2, 0.25) is 0 Å². The molecular formula is C24H20F3N3S. The lowest BCUT2D eigenvalue weighted by Gasteiger charge is -2.17. The van der Waals surface area contributed by atoms with Crippen LogP contribution in [0.2, 0.25) is 0 Å². The number of aromatic nitrogens is 2. The summed E-state index contributed by atoms with van der Waals surface area (Å²) >= 11 is 1.83. The molecule has 3 heterocycles. The molecule has 0 amide bonds. The van der Waals surface area contributed by atoms with E-state index in [1.807, 2.05) is 17.4 Å². The number of hydrogen-bond acceptors (Lipinski definition) is 4. The van der Waals surface area contributed by atoms with Crippen molar-refractivity contribution < 1.29 is 13.2 Å². The first-order chi connectivity index (χ1) is 14.9. The third-order valence-electron chi connectivity index (χ3n) is 5.80. The molecule has 2 aromatic heterocycles. The van der Waals surface area contributed by atoms with Gasteiger partial charge in [0.25, 0.3) is 0 Å². The number of fused-ring (bicyclic) bond motifs is 2. The van der Waals surface area contributed by atoms with Gasteiger partial charge in [0.05, 0.1) is 5.69 Å². The zero-order valence-electron chi connectivity index (χ0n) is 16.9. The van der Waals surface area contributed by atoms with Crippen LogP contribution >= 0.6 is 11.3 Å². The SMILES string of the molecule is CN1CCC(c2cc3ccccc3s2)c2ccc(-c3ccc(C(F)(F)F)nn3)cc2C1. The molecule has 0 fully saturated rings. The number of halogens is 3. The summed E-state index contributed by atoms with van der Waals surface area (Å²) in [6, 6.07) is 19.2. The van der Waals surface area contributed by atoms with Gasteiger partial charge in [-0.3, -0.25) is 0 Å². The molecule has 3 nitrogen and oxygen atoms in total. The Labute approximate surface area is 182 Å². The summed E-state index contributed by atoms with van der Waals surface area (Å²) in [6.07, 6.45) is -3.46. The average Bonchev–Trinajstić information content (AvgIpc) is 3.10. The highest BCUT2D eigenvalue weighted by atomic mass is 32.1. The van der Waals surface area contributed by atoms with Gasteiger partial charge in [-0.05, 0) is 66.9 Å². The van der Waals surface area contributed by atoms with E-state index in [0.29, 0.717) is 11.6 Å². The molecule has 5 rings (SSSR count). The Hall–Kier alpha value is -2.77. The number of benzene rings is 2. The molecule has 0 bridgehead atoms. The molecule has 0 radical (unpaired) electrons. The van der Waals surface area contributed by atoms with Crippen molar-refractivity contribution in [1.29, 1.82) is 0 Å². The van der Waals surface area contributed by atoms with E-state index < -0.39 is 11.9 Å². The molecular weight excluding hydrogens is 419 g/mol. The van der Waals surface area contributed by atoms with Crippen molar-refractivity contribution in [2.24, 2.45) is 0 Å². The highest BCUT2D eigenvalue weighted by Crippen LogP contribution is 2.40. The van der Waals surface area contributed by atoms with E-state index in [1.54, 1.807) is 0 Å². The van der Waals surface area contributed by atoms with Crippen molar-refractivity contribution in [3.8, 4) is 11.3 Å². The number of thiophene rings is 1. The predicted octanol–water partition coefficient (Wildman–Crippen LogP) is 6.34. The molecule has 0 aliphatic carbocycles. The molecule has 31 heavy (non-hydrogen) atoms. The second-order valence-corrected chi connectivity index (χ2v) is 9.10. The highest BCUT2D eigenvalue weighted by molar-refractivity contribution is 7.19. The molecule has 0 saturated carbocycles. The normalized spacial score (nSPS) is 17.5. The highest BCUT2D eigenvalue weighted by Gasteiger charge is 2.33. The minimum Gasteiger partial charge on any atom is -0.302 e. The lowest BCUT2D eigenvalue weighted by molar-refractivity contribution is -0.141. The minimum absolute atomic E-state index is 0.296. The maximum atomic E-state index is 12.8. The molecule has 1 unspecified atom stereocenters. The van der Waals surface area contributed by atoms with Crippen LogP contribution in [0.15, 0.2) is 60.7 Å². The van der Waals surface area contributed by atoms with Gasteiger partial charge in [0, 0.05) is 27.6 Å². The monoisotopic (exact) mass is 439 g/mol. The first-order valence-corrected chi connectivity index (χ1v) is 10.9. The topological polar surface area (TPSA) is 29.0 Å². The van der Waals surface area contributed by atoms with Gasteiger partial charge < -0.3 is 4.90 Å². The molecule has 1 aliphatic heterocycles. The average molecular weight is 440 g/mol. The molecule has 0 N–H and O–H groups in total. The number of nitrogens with zero attached hydrogens (tertiary/aromatic N) is 3. The zero-order valence-corrected chi connectivity index (χ0v) is 17.7. The van der Waals surface area contributed by atoms with Crippen LogP contribution in [-0.2, 0) is 12.7 Å². The van der Waals surface area contributed by atoms with E-state index in [2.05, 4.69) is 64.6 Å². The lowest BCUT2D eigenvalue weighted by Crippen LogP contribution is -2.17. The largest absolute Gasteiger partial charge is 0.435 e. The van der Waals surface area contributed by atoms with Gasteiger partial charge in [0.15, 0.2) is 5.69 Å². The standard InChI is InChI=1S/C24H20F3N3S/c1-30-11-10-19(22-13-16-4-2-3-5-21(16)31-22)18-7-6-15(12-17(18)14-30)20-8-9-23(29-28-20)24(25,26)27/h2-9,12-13,19H,10-11,14H2,1H3. The van der Waals surface area contributed by atoms with E-state index in [0.717, 1.165) is 31.1 Å². The molecule has 7 heteroatoms. The Morgan fingerprint density at radius 2 is 1.84 bits per heavy atom. The van der Waals surface area contributed by atoms with Crippen LogP contribution in [0.25, 0.3) is 21.3 Å². The third kappa shape index (κ3) is 3.95. The maximum Gasteiger partial charge on any atom is 0.435 e. The molecule has 0 spiro atoms. The fraction of sp³-hybridized carbons (Fsp3) is 0.250. The van der Waals surface area contributed by atoms with E-state index in [1.165, 1.54) is 32.2 Å². The van der Waals surface area contributed by atoms with Crippen LogP contribution in [0.5, 0.6) is 0 Å². The smallest absolute Gasteiger partial charge is 0.302 e. The summed E-state index contributed by atoms with van der Waals surface area (Å²) in [6.45, 7) is 1.77. The fourth-order valence-electron chi connectivity index (χ4n) is 4.22. The van der Waals surface area contributed by atoms with Gasteiger partial charge in [-0.2, -0.15) is 13.2 Å². The van der Waals surface area contributed by atoms with Crippen LogP contribution < -0.4 is 0 Å². The summed E-state index contributed by atoms with van der Waals surface area (Å²) in [5, 5.41) is 8.47. The molecule has 1 aliphatic rings. The molecule has 0 saturated heterocycles. The Balaban J connectivity index is 1.54. The second kappa shape index (κ2) is 7.73. The Bertz CT molecular complexity index is 1200. The van der Waals surface area contributed by atoms with Gasteiger partial charge in [0.1, 0.15) is 0 Å². The van der Waals surface area contributed by atoms with Crippen molar-refractivity contribution >= 4 is 21.4 Å². The maximum absolute atomic E-state index is 12.8. The van der Waals surface area contributed by atoms with Crippen molar-refractivity contribution in [3.05, 3.63) is 82.4 Å². The van der Waals surface area contributed by atoms with Gasteiger partial charge >= 0.3 is 6.18 Å². The fourth-order valence-corrected chi connectivity index (χ4v) is 5.44. The van der Waals surface area contributed by atoms with Crippen LogP contribution in [0.3, 0.4) is 0 Å². The Morgan fingerprint density at radius 1 is 1.00 bits per heavy atom. The van der Waals surface area contributed by atoms with Crippen molar-refractivity contribution in [3.63, 3.8) is 0 Å². The van der Waals surface area contributed by atoms with Crippen LogP contribution in [0.4, 0.5) is 13.2 Å². The summed E-state index contributed by atoms with van der Waals surface area (Å²) in [7, 11) is 2.10. The van der Waals surface area contributed by atoms with Crippen LogP contribution in [0.1, 0.15) is 34.0 Å². The first kappa shape index (κ1) is 20.2. The van der Waals surface area contributed by atoms with Crippen molar-refractivity contribution in [2.75, 3.05) is 13.6 Å².